The smallest absolute Gasteiger partial charge is 0.311 e. The van der Waals surface area contributed by atoms with Crippen LogP contribution in [0, 0.1) is 5.92 Å². The van der Waals surface area contributed by atoms with Crippen molar-refractivity contribution >= 4 is 6.92 Å². The van der Waals surface area contributed by atoms with E-state index in [4.69, 9.17) is 10.4 Å². The summed E-state index contributed by atoms with van der Waals surface area (Å²) >= 11 is 0. The summed E-state index contributed by atoms with van der Waals surface area (Å²) in [5, 5.41) is 3.85. The van der Waals surface area contributed by atoms with E-state index in [1.807, 2.05) is 0 Å². The van der Waals surface area contributed by atoms with Gasteiger partial charge in [-0.15, -0.1) is 6.58 Å². The maximum absolute atomic E-state index is 6.72. The topological polar surface area (TPSA) is 47.3 Å². The summed E-state index contributed by atoms with van der Waals surface area (Å²) in [7, 11) is 0. The van der Waals surface area contributed by atoms with E-state index in [0.717, 1.165) is 19.3 Å². The van der Waals surface area contributed by atoms with Crippen LogP contribution in [0.25, 0.3) is 0 Å². The first-order valence-electron chi connectivity index (χ1n) is 9.93. The fourth-order valence-corrected chi connectivity index (χ4v) is 4.01. The SMILES string of the molecule is C=CC(CCC)NC(C1CCCCCC1)C(N)B(CC)OCC. The van der Waals surface area contributed by atoms with E-state index in [1.165, 1.54) is 44.9 Å². The van der Waals surface area contributed by atoms with Gasteiger partial charge in [0.1, 0.15) is 0 Å². The normalized spacial score (nSPS) is 20.5. The van der Waals surface area contributed by atoms with E-state index in [0.29, 0.717) is 18.0 Å². The summed E-state index contributed by atoms with van der Waals surface area (Å²) in [6.07, 6.45) is 13.4. The molecule has 1 aliphatic carbocycles. The van der Waals surface area contributed by atoms with Gasteiger partial charge in [-0.05, 0) is 38.4 Å². The van der Waals surface area contributed by atoms with Gasteiger partial charge >= 0.3 is 6.92 Å². The molecule has 1 saturated carbocycles. The first kappa shape index (κ1) is 20.7. The minimum absolute atomic E-state index is 0.0577. The summed E-state index contributed by atoms with van der Waals surface area (Å²) in [4.78, 5) is 0. The molecule has 3 N–H and O–H groups in total. The Bertz CT molecular complexity index is 306. The van der Waals surface area contributed by atoms with Crippen LogP contribution in [0.5, 0.6) is 0 Å². The number of nitrogens with one attached hydrogen (secondary N) is 1. The molecule has 1 rings (SSSR count). The van der Waals surface area contributed by atoms with Gasteiger partial charge in [-0.1, -0.05) is 52.0 Å². The molecule has 0 aliphatic heterocycles. The van der Waals surface area contributed by atoms with E-state index < -0.39 is 0 Å². The van der Waals surface area contributed by atoms with Crippen LogP contribution in [0.15, 0.2) is 12.7 Å². The van der Waals surface area contributed by atoms with Crippen LogP contribution >= 0.6 is 0 Å². The molecule has 0 aromatic heterocycles. The zero-order chi connectivity index (χ0) is 17.1. The summed E-state index contributed by atoms with van der Waals surface area (Å²) in [5.41, 5.74) is 6.72. The van der Waals surface area contributed by atoms with Crippen molar-refractivity contribution in [3.63, 3.8) is 0 Å². The van der Waals surface area contributed by atoms with E-state index in [9.17, 15) is 0 Å². The average Bonchev–Trinajstić information content (AvgIpc) is 2.85. The van der Waals surface area contributed by atoms with Crippen LogP contribution in [-0.4, -0.2) is 31.5 Å². The summed E-state index contributed by atoms with van der Waals surface area (Å²) in [5.74, 6) is 0.726. The molecule has 0 bridgehead atoms. The number of hydrogen-bond donors (Lipinski definition) is 2. The predicted octanol–water partition coefficient (Wildman–Crippen LogP) is 4.18. The highest BCUT2D eigenvalue weighted by Crippen LogP contribution is 2.28. The maximum atomic E-state index is 6.72. The molecular weight excluding hydrogens is 283 g/mol. The van der Waals surface area contributed by atoms with E-state index >= 15 is 0 Å². The molecule has 0 radical (unpaired) electrons. The van der Waals surface area contributed by atoms with E-state index in [1.54, 1.807) is 0 Å². The Hall–Kier alpha value is -0.315. The summed E-state index contributed by atoms with van der Waals surface area (Å²) in [6.45, 7) is 11.4. The van der Waals surface area contributed by atoms with Crippen LogP contribution in [0.4, 0.5) is 0 Å². The van der Waals surface area contributed by atoms with Gasteiger partial charge in [0.25, 0.3) is 0 Å². The van der Waals surface area contributed by atoms with Gasteiger partial charge in [-0.3, -0.25) is 0 Å². The Morgan fingerprint density at radius 3 is 2.35 bits per heavy atom. The lowest BCUT2D eigenvalue weighted by Gasteiger charge is -2.37. The monoisotopic (exact) mass is 322 g/mol. The highest BCUT2D eigenvalue weighted by Gasteiger charge is 2.35. The molecule has 0 saturated heterocycles. The van der Waals surface area contributed by atoms with Gasteiger partial charge in [-0.25, -0.2) is 0 Å². The standard InChI is InChI=1S/C19H39BN2O/c1-5-13-17(6-2)22-18(16-14-11-9-10-12-15-16)19(21)20(7-3)23-8-4/h6,16-19,22H,2,5,7-15,21H2,1,3-4H3. The van der Waals surface area contributed by atoms with Crippen molar-refractivity contribution < 1.29 is 4.65 Å². The van der Waals surface area contributed by atoms with Gasteiger partial charge in [-0.2, -0.15) is 0 Å². The molecule has 3 nitrogen and oxygen atoms in total. The number of hydrogen-bond acceptors (Lipinski definition) is 3. The lowest BCUT2D eigenvalue weighted by molar-refractivity contribution is 0.265. The lowest BCUT2D eigenvalue weighted by atomic mass is 9.54. The third kappa shape index (κ3) is 6.98. The van der Waals surface area contributed by atoms with Crippen molar-refractivity contribution in [2.45, 2.75) is 96.5 Å². The lowest BCUT2D eigenvalue weighted by Crippen LogP contribution is -2.59. The zero-order valence-corrected chi connectivity index (χ0v) is 15.7. The Morgan fingerprint density at radius 1 is 1.22 bits per heavy atom. The van der Waals surface area contributed by atoms with Crippen LogP contribution in [-0.2, 0) is 4.65 Å². The van der Waals surface area contributed by atoms with Crippen LogP contribution in [0.1, 0.15) is 72.1 Å². The van der Waals surface area contributed by atoms with E-state index in [2.05, 4.69) is 38.7 Å². The van der Waals surface area contributed by atoms with Gasteiger partial charge in [0.05, 0.1) is 0 Å². The molecule has 4 heteroatoms. The van der Waals surface area contributed by atoms with E-state index in [-0.39, 0.29) is 12.9 Å². The van der Waals surface area contributed by atoms with Crippen molar-refractivity contribution in [3.05, 3.63) is 12.7 Å². The number of nitrogens with two attached hydrogens (primary N) is 1. The number of rotatable bonds is 11. The molecule has 1 aliphatic rings. The van der Waals surface area contributed by atoms with Crippen LogP contribution in [0.3, 0.4) is 0 Å². The highest BCUT2D eigenvalue weighted by molar-refractivity contribution is 6.53. The molecule has 0 spiro atoms. The van der Waals surface area contributed by atoms with Gasteiger partial charge in [0.15, 0.2) is 0 Å². The second-order valence-electron chi connectivity index (χ2n) is 7.05. The minimum Gasteiger partial charge on any atom is -0.434 e. The fraction of sp³-hybridized carbons (Fsp3) is 0.895. The quantitative estimate of drug-likeness (QED) is 0.341. The van der Waals surface area contributed by atoms with Crippen molar-refractivity contribution in [2.75, 3.05) is 6.61 Å². The molecule has 23 heavy (non-hydrogen) atoms. The Balaban J connectivity index is 2.85. The Labute approximate surface area is 144 Å². The molecule has 0 aromatic rings. The zero-order valence-electron chi connectivity index (χ0n) is 15.7. The van der Waals surface area contributed by atoms with Crippen molar-refractivity contribution in [1.29, 1.82) is 0 Å². The fourth-order valence-electron chi connectivity index (χ4n) is 4.01. The van der Waals surface area contributed by atoms with Gasteiger partial charge in [0.2, 0.25) is 0 Å². The third-order valence-electron chi connectivity index (χ3n) is 5.33. The Kier molecular flexibility index (Phi) is 10.9. The van der Waals surface area contributed by atoms with Crippen molar-refractivity contribution in [3.8, 4) is 0 Å². The molecule has 3 unspecified atom stereocenters. The average molecular weight is 322 g/mol. The first-order chi connectivity index (χ1) is 11.2. The first-order valence-corrected chi connectivity index (χ1v) is 9.93. The highest BCUT2D eigenvalue weighted by atomic mass is 16.4. The summed E-state index contributed by atoms with van der Waals surface area (Å²) < 4.78 is 5.94. The maximum Gasteiger partial charge on any atom is 0.311 e. The van der Waals surface area contributed by atoms with Crippen LogP contribution < -0.4 is 11.1 Å². The second kappa shape index (κ2) is 12.1. The largest absolute Gasteiger partial charge is 0.434 e. The van der Waals surface area contributed by atoms with Gasteiger partial charge < -0.3 is 15.7 Å². The van der Waals surface area contributed by atoms with Gasteiger partial charge in [0, 0.05) is 24.6 Å². The van der Waals surface area contributed by atoms with Crippen molar-refractivity contribution in [1.82, 2.24) is 5.32 Å². The summed E-state index contributed by atoms with van der Waals surface area (Å²) in [6, 6.07) is 0.692. The molecule has 3 atom stereocenters. The second-order valence-corrected chi connectivity index (χ2v) is 7.05. The molecular formula is C19H39BN2O. The molecule has 1 fully saturated rings. The molecule has 134 valence electrons. The molecule has 0 aromatic carbocycles. The Morgan fingerprint density at radius 2 is 1.87 bits per heavy atom. The molecule has 0 amide bonds. The van der Waals surface area contributed by atoms with Crippen LogP contribution in [0.2, 0.25) is 6.32 Å². The molecule has 0 heterocycles. The minimum atomic E-state index is 0.0577. The predicted molar refractivity (Wildman–Crippen MR) is 103 cm³/mol. The van der Waals surface area contributed by atoms with Crippen molar-refractivity contribution in [2.24, 2.45) is 11.7 Å². The third-order valence-corrected chi connectivity index (χ3v) is 5.33.